The summed E-state index contributed by atoms with van der Waals surface area (Å²) in [5.41, 5.74) is 1.15. The highest BCUT2D eigenvalue weighted by atomic mass is 35.5. The number of anilines is 1. The Morgan fingerprint density at radius 3 is 2.96 bits per heavy atom. The van der Waals surface area contributed by atoms with E-state index in [1.807, 2.05) is 6.07 Å². The lowest BCUT2D eigenvalue weighted by Crippen LogP contribution is -2.11. The summed E-state index contributed by atoms with van der Waals surface area (Å²) in [6.07, 6.45) is 0. The second-order valence-electron chi connectivity index (χ2n) is 4.78. The first-order valence-corrected chi connectivity index (χ1v) is 8.14. The monoisotopic (exact) mass is 366 g/mol. The Hall–Kier alpha value is -2.02. The van der Waals surface area contributed by atoms with E-state index in [4.69, 9.17) is 32.7 Å². The number of aromatic nitrogens is 1. The van der Waals surface area contributed by atoms with Gasteiger partial charge in [0.05, 0.1) is 15.2 Å². The minimum atomic E-state index is -0.324. The quantitative estimate of drug-likeness (QED) is 0.720. The molecule has 1 amide bonds. The number of halogens is 2. The molecule has 0 fully saturated rings. The maximum Gasteiger partial charge on any atom is 0.257 e. The summed E-state index contributed by atoms with van der Waals surface area (Å²) in [7, 11) is 0. The zero-order valence-corrected chi connectivity index (χ0v) is 13.8. The van der Waals surface area contributed by atoms with E-state index in [9.17, 15) is 4.79 Å². The average Bonchev–Trinajstić information content (AvgIpc) is 3.12. The van der Waals surface area contributed by atoms with Crippen LogP contribution in [0.4, 0.5) is 5.13 Å². The fourth-order valence-electron chi connectivity index (χ4n) is 2.22. The summed E-state index contributed by atoms with van der Waals surface area (Å²) in [6.45, 7) is 0.0960. The standard InChI is InChI=1S/C15H8Cl2N2O3S/c16-8-1-2-10-12(5-8)23-15(18-10)19-14(20)7-3-9(17)13-11(4-7)21-6-22-13/h1-5H,6H2,(H,18,19,20). The molecule has 0 aliphatic carbocycles. The minimum Gasteiger partial charge on any atom is -0.454 e. The molecule has 4 rings (SSSR count). The molecule has 2 aromatic carbocycles. The molecule has 0 unspecified atom stereocenters. The first kappa shape index (κ1) is 14.6. The van der Waals surface area contributed by atoms with Crippen molar-refractivity contribution in [2.45, 2.75) is 0 Å². The van der Waals surface area contributed by atoms with Crippen LogP contribution in [0.15, 0.2) is 30.3 Å². The van der Waals surface area contributed by atoms with Crippen LogP contribution in [-0.4, -0.2) is 17.7 Å². The molecule has 5 nitrogen and oxygen atoms in total. The van der Waals surface area contributed by atoms with E-state index in [1.54, 1.807) is 18.2 Å². The first-order chi connectivity index (χ1) is 11.1. The van der Waals surface area contributed by atoms with Crippen LogP contribution in [0.2, 0.25) is 10.0 Å². The van der Waals surface area contributed by atoms with Gasteiger partial charge >= 0.3 is 0 Å². The second-order valence-corrected chi connectivity index (χ2v) is 6.65. The number of ether oxygens (including phenoxy) is 2. The number of nitrogens with one attached hydrogen (secondary N) is 1. The van der Waals surface area contributed by atoms with Crippen molar-refractivity contribution in [2.24, 2.45) is 0 Å². The van der Waals surface area contributed by atoms with Gasteiger partial charge in [-0.3, -0.25) is 10.1 Å². The Kier molecular flexibility index (Phi) is 3.52. The molecule has 1 aliphatic heterocycles. The lowest BCUT2D eigenvalue weighted by molar-refractivity contribution is 0.102. The van der Waals surface area contributed by atoms with Gasteiger partial charge in [0.15, 0.2) is 16.6 Å². The van der Waals surface area contributed by atoms with Gasteiger partial charge in [-0.15, -0.1) is 0 Å². The van der Waals surface area contributed by atoms with Gasteiger partial charge in [-0.1, -0.05) is 34.5 Å². The number of nitrogens with zero attached hydrogens (tertiary/aromatic N) is 1. The molecule has 1 N–H and O–H groups in total. The third kappa shape index (κ3) is 2.69. The number of amides is 1. The van der Waals surface area contributed by atoms with Crippen LogP contribution in [0, 0.1) is 0 Å². The number of hydrogen-bond acceptors (Lipinski definition) is 5. The highest BCUT2D eigenvalue weighted by molar-refractivity contribution is 7.22. The maximum atomic E-state index is 12.4. The molecule has 2 heterocycles. The average molecular weight is 367 g/mol. The van der Waals surface area contributed by atoms with E-state index >= 15 is 0 Å². The Morgan fingerprint density at radius 2 is 2.09 bits per heavy atom. The SMILES string of the molecule is O=C(Nc1nc2ccc(Cl)cc2s1)c1cc(Cl)c2c(c1)OCO2. The number of thiazole rings is 1. The van der Waals surface area contributed by atoms with Crippen molar-refractivity contribution in [2.75, 3.05) is 12.1 Å². The summed E-state index contributed by atoms with van der Waals surface area (Å²) < 4.78 is 11.4. The molecule has 3 aromatic rings. The predicted octanol–water partition coefficient (Wildman–Crippen LogP) is 4.58. The summed E-state index contributed by atoms with van der Waals surface area (Å²) in [5, 5.41) is 4.20. The van der Waals surface area contributed by atoms with E-state index in [0.717, 1.165) is 10.2 Å². The van der Waals surface area contributed by atoms with E-state index < -0.39 is 0 Å². The van der Waals surface area contributed by atoms with Crippen LogP contribution in [0.5, 0.6) is 11.5 Å². The summed E-state index contributed by atoms with van der Waals surface area (Å²) >= 11 is 13.4. The van der Waals surface area contributed by atoms with Gasteiger partial charge in [0.25, 0.3) is 5.91 Å². The van der Waals surface area contributed by atoms with Gasteiger partial charge in [0.2, 0.25) is 6.79 Å². The van der Waals surface area contributed by atoms with E-state index in [2.05, 4.69) is 10.3 Å². The zero-order valence-electron chi connectivity index (χ0n) is 11.4. The molecular formula is C15H8Cl2N2O3S. The highest BCUT2D eigenvalue weighted by Crippen LogP contribution is 2.40. The highest BCUT2D eigenvalue weighted by Gasteiger charge is 2.21. The van der Waals surface area contributed by atoms with E-state index in [0.29, 0.717) is 32.2 Å². The molecule has 0 bridgehead atoms. The number of carbonyl (C=O) groups excluding carboxylic acids is 1. The maximum absolute atomic E-state index is 12.4. The summed E-state index contributed by atoms with van der Waals surface area (Å²) in [6, 6.07) is 8.50. The van der Waals surface area contributed by atoms with Gasteiger partial charge in [-0.05, 0) is 30.3 Å². The Bertz CT molecular complexity index is 942. The molecular weight excluding hydrogens is 359 g/mol. The van der Waals surface area contributed by atoms with Crippen LogP contribution >= 0.6 is 34.5 Å². The molecule has 1 aliphatic rings. The second kappa shape index (κ2) is 5.56. The Morgan fingerprint density at radius 1 is 1.22 bits per heavy atom. The summed E-state index contributed by atoms with van der Waals surface area (Å²) in [4.78, 5) is 16.7. The number of hydrogen-bond donors (Lipinski definition) is 1. The van der Waals surface area contributed by atoms with Crippen LogP contribution in [0.25, 0.3) is 10.2 Å². The van der Waals surface area contributed by atoms with Gasteiger partial charge in [-0.25, -0.2) is 4.98 Å². The Balaban J connectivity index is 1.63. The number of rotatable bonds is 2. The van der Waals surface area contributed by atoms with Crippen LogP contribution < -0.4 is 14.8 Å². The molecule has 1 aromatic heterocycles. The van der Waals surface area contributed by atoms with Gasteiger partial charge < -0.3 is 9.47 Å². The minimum absolute atomic E-state index is 0.0960. The van der Waals surface area contributed by atoms with Gasteiger partial charge in [-0.2, -0.15) is 0 Å². The van der Waals surface area contributed by atoms with E-state index in [1.165, 1.54) is 17.4 Å². The topological polar surface area (TPSA) is 60.5 Å². The predicted molar refractivity (Wildman–Crippen MR) is 90.2 cm³/mol. The van der Waals surface area contributed by atoms with Crippen LogP contribution in [-0.2, 0) is 0 Å². The number of carbonyl (C=O) groups is 1. The molecule has 0 spiro atoms. The van der Waals surface area contributed by atoms with Crippen molar-refractivity contribution in [1.82, 2.24) is 4.98 Å². The normalized spacial score (nSPS) is 12.6. The number of benzene rings is 2. The molecule has 8 heteroatoms. The Labute approximate surface area is 144 Å². The van der Waals surface area contributed by atoms with Crippen LogP contribution in [0.3, 0.4) is 0 Å². The largest absolute Gasteiger partial charge is 0.454 e. The van der Waals surface area contributed by atoms with Crippen molar-refractivity contribution in [3.8, 4) is 11.5 Å². The molecule has 116 valence electrons. The third-order valence-corrected chi connectivity index (χ3v) is 4.71. The van der Waals surface area contributed by atoms with Gasteiger partial charge in [0, 0.05) is 10.6 Å². The van der Waals surface area contributed by atoms with Crippen molar-refractivity contribution in [3.63, 3.8) is 0 Å². The van der Waals surface area contributed by atoms with Crippen molar-refractivity contribution < 1.29 is 14.3 Å². The number of fused-ring (bicyclic) bond motifs is 2. The molecule has 23 heavy (non-hydrogen) atoms. The van der Waals surface area contributed by atoms with E-state index in [-0.39, 0.29) is 12.7 Å². The smallest absolute Gasteiger partial charge is 0.257 e. The molecule has 0 saturated carbocycles. The lowest BCUT2D eigenvalue weighted by Gasteiger charge is -2.04. The van der Waals surface area contributed by atoms with Crippen molar-refractivity contribution in [1.29, 1.82) is 0 Å². The molecule has 0 saturated heterocycles. The van der Waals surface area contributed by atoms with Crippen LogP contribution in [0.1, 0.15) is 10.4 Å². The van der Waals surface area contributed by atoms with Crippen molar-refractivity contribution >= 4 is 55.8 Å². The van der Waals surface area contributed by atoms with Gasteiger partial charge in [0.1, 0.15) is 0 Å². The first-order valence-electron chi connectivity index (χ1n) is 6.57. The van der Waals surface area contributed by atoms with Crippen molar-refractivity contribution in [3.05, 3.63) is 45.9 Å². The lowest BCUT2D eigenvalue weighted by atomic mass is 10.2. The fraction of sp³-hybridized carbons (Fsp3) is 0.0667. The molecule has 0 atom stereocenters. The fourth-order valence-corrected chi connectivity index (χ4v) is 3.62. The summed E-state index contributed by atoms with van der Waals surface area (Å²) in [5.74, 6) is 0.590. The third-order valence-electron chi connectivity index (χ3n) is 3.26. The molecule has 0 radical (unpaired) electrons. The zero-order chi connectivity index (χ0) is 16.0.